The molecule has 1 aromatic heterocycles. The molecule has 0 N–H and O–H groups in total. The number of hydrogen-bond acceptors (Lipinski definition) is 4. The summed E-state index contributed by atoms with van der Waals surface area (Å²) in [6.45, 7) is 4.96. The Morgan fingerprint density at radius 2 is 2.04 bits per heavy atom. The highest BCUT2D eigenvalue weighted by atomic mass is 19.1. The number of rotatable bonds is 2. The van der Waals surface area contributed by atoms with E-state index in [4.69, 9.17) is 9.72 Å². The average molecular weight is 358 g/mol. The standard InChI is InChI=1S/C19H23FN4O2/c1-13-2-3-15(16(20)12-13)19(25)23-7-4-17-21-18(22-24(17)9-8-23)14-5-10-26-11-6-14/h2-3,12,14H,4-11H2,1H3. The molecule has 6 nitrogen and oxygen atoms in total. The molecule has 2 aromatic rings. The number of ether oxygens (including phenoxy) is 1. The van der Waals surface area contributed by atoms with Gasteiger partial charge in [-0.25, -0.2) is 14.1 Å². The predicted molar refractivity (Wildman–Crippen MR) is 93.6 cm³/mol. The molecule has 1 saturated heterocycles. The monoisotopic (exact) mass is 358 g/mol. The number of carbonyl (C=O) groups excluding carboxylic acids is 1. The van der Waals surface area contributed by atoms with E-state index >= 15 is 0 Å². The predicted octanol–water partition coefficient (Wildman–Crippen LogP) is 2.32. The van der Waals surface area contributed by atoms with Gasteiger partial charge in [0.25, 0.3) is 5.91 Å². The molecule has 0 bridgehead atoms. The van der Waals surface area contributed by atoms with Crippen LogP contribution in [0.15, 0.2) is 18.2 Å². The summed E-state index contributed by atoms with van der Waals surface area (Å²) in [5.74, 6) is 1.44. The highest BCUT2D eigenvalue weighted by Crippen LogP contribution is 2.25. The third-order valence-electron chi connectivity index (χ3n) is 5.18. The van der Waals surface area contributed by atoms with Crippen LogP contribution in [0.3, 0.4) is 0 Å². The largest absolute Gasteiger partial charge is 0.381 e. The number of aryl methyl sites for hydroxylation is 1. The SMILES string of the molecule is Cc1ccc(C(=O)N2CCc3nc(C4CCOCC4)nn3CC2)c(F)c1. The van der Waals surface area contributed by atoms with Gasteiger partial charge in [0, 0.05) is 38.6 Å². The van der Waals surface area contributed by atoms with E-state index in [1.165, 1.54) is 6.07 Å². The van der Waals surface area contributed by atoms with Crippen LogP contribution in [0.5, 0.6) is 0 Å². The summed E-state index contributed by atoms with van der Waals surface area (Å²) in [6, 6.07) is 4.73. The van der Waals surface area contributed by atoms with E-state index in [2.05, 4.69) is 5.10 Å². The van der Waals surface area contributed by atoms with Crippen molar-refractivity contribution in [3.05, 3.63) is 46.8 Å². The van der Waals surface area contributed by atoms with Crippen LogP contribution in [0, 0.1) is 12.7 Å². The Bertz CT molecular complexity index is 788. The van der Waals surface area contributed by atoms with E-state index in [-0.39, 0.29) is 11.5 Å². The highest BCUT2D eigenvalue weighted by Gasteiger charge is 2.26. The fraction of sp³-hybridized carbons (Fsp3) is 0.526. The van der Waals surface area contributed by atoms with Crippen molar-refractivity contribution < 1.29 is 13.9 Å². The van der Waals surface area contributed by atoms with Crippen molar-refractivity contribution in [2.75, 3.05) is 26.3 Å². The van der Waals surface area contributed by atoms with Crippen molar-refractivity contribution in [2.45, 2.75) is 38.6 Å². The number of carbonyl (C=O) groups is 1. The summed E-state index contributed by atoms with van der Waals surface area (Å²) in [5, 5.41) is 4.67. The van der Waals surface area contributed by atoms with E-state index in [1.54, 1.807) is 17.0 Å². The lowest BCUT2D eigenvalue weighted by Gasteiger charge is -2.21. The third kappa shape index (κ3) is 3.35. The molecule has 138 valence electrons. The molecule has 0 aliphatic carbocycles. The first-order valence-electron chi connectivity index (χ1n) is 9.18. The lowest BCUT2D eigenvalue weighted by molar-refractivity contribution is 0.0752. The molecular formula is C19H23FN4O2. The minimum Gasteiger partial charge on any atom is -0.381 e. The quantitative estimate of drug-likeness (QED) is 0.827. The number of fused-ring (bicyclic) bond motifs is 1. The van der Waals surface area contributed by atoms with Crippen LogP contribution in [-0.2, 0) is 17.7 Å². The lowest BCUT2D eigenvalue weighted by atomic mass is 10.00. The molecular weight excluding hydrogens is 335 g/mol. The van der Waals surface area contributed by atoms with Crippen LogP contribution in [0.25, 0.3) is 0 Å². The van der Waals surface area contributed by atoms with Crippen molar-refractivity contribution in [1.82, 2.24) is 19.7 Å². The number of hydrogen-bond donors (Lipinski definition) is 0. The Hall–Kier alpha value is -2.28. The van der Waals surface area contributed by atoms with E-state index in [0.29, 0.717) is 32.0 Å². The summed E-state index contributed by atoms with van der Waals surface area (Å²) in [6.07, 6.45) is 2.55. The number of benzene rings is 1. The van der Waals surface area contributed by atoms with Gasteiger partial charge in [-0.2, -0.15) is 5.10 Å². The summed E-state index contributed by atoms with van der Waals surface area (Å²) in [7, 11) is 0. The van der Waals surface area contributed by atoms with Crippen LogP contribution < -0.4 is 0 Å². The van der Waals surface area contributed by atoms with Gasteiger partial charge in [-0.1, -0.05) is 6.07 Å². The molecule has 0 atom stereocenters. The number of nitrogens with zero attached hydrogens (tertiary/aromatic N) is 4. The van der Waals surface area contributed by atoms with Gasteiger partial charge in [0.1, 0.15) is 11.6 Å². The fourth-order valence-corrected chi connectivity index (χ4v) is 3.62. The molecule has 1 aromatic carbocycles. The molecule has 1 fully saturated rings. The van der Waals surface area contributed by atoms with Gasteiger partial charge in [0.15, 0.2) is 5.82 Å². The lowest BCUT2D eigenvalue weighted by Crippen LogP contribution is -2.34. The summed E-state index contributed by atoms with van der Waals surface area (Å²) in [4.78, 5) is 19.1. The third-order valence-corrected chi connectivity index (χ3v) is 5.18. The summed E-state index contributed by atoms with van der Waals surface area (Å²) < 4.78 is 21.4. The maximum Gasteiger partial charge on any atom is 0.256 e. The Morgan fingerprint density at radius 1 is 1.23 bits per heavy atom. The van der Waals surface area contributed by atoms with Gasteiger partial charge in [0.05, 0.1) is 12.1 Å². The molecule has 26 heavy (non-hydrogen) atoms. The van der Waals surface area contributed by atoms with Crippen molar-refractivity contribution in [1.29, 1.82) is 0 Å². The van der Waals surface area contributed by atoms with Crippen LogP contribution in [0.1, 0.15) is 46.3 Å². The molecule has 1 amide bonds. The topological polar surface area (TPSA) is 60.3 Å². The molecule has 0 radical (unpaired) electrons. The van der Waals surface area contributed by atoms with E-state index in [0.717, 1.165) is 43.3 Å². The first kappa shape index (κ1) is 17.1. The molecule has 2 aliphatic rings. The first-order valence-corrected chi connectivity index (χ1v) is 9.18. The van der Waals surface area contributed by atoms with E-state index < -0.39 is 5.82 Å². The summed E-state index contributed by atoms with van der Waals surface area (Å²) in [5.41, 5.74) is 0.936. The first-order chi connectivity index (χ1) is 12.6. The molecule has 3 heterocycles. The maximum absolute atomic E-state index is 14.1. The summed E-state index contributed by atoms with van der Waals surface area (Å²) >= 11 is 0. The Labute approximate surface area is 152 Å². The van der Waals surface area contributed by atoms with Gasteiger partial charge < -0.3 is 9.64 Å². The molecule has 4 rings (SSSR count). The minimum atomic E-state index is -0.461. The molecule has 0 unspecified atom stereocenters. The fourth-order valence-electron chi connectivity index (χ4n) is 3.62. The van der Waals surface area contributed by atoms with Crippen LogP contribution in [0.4, 0.5) is 4.39 Å². The highest BCUT2D eigenvalue weighted by molar-refractivity contribution is 5.94. The molecule has 7 heteroatoms. The Kier molecular flexibility index (Phi) is 4.72. The molecule has 2 aliphatic heterocycles. The zero-order valence-corrected chi connectivity index (χ0v) is 14.9. The van der Waals surface area contributed by atoms with Crippen LogP contribution in [-0.4, -0.2) is 51.9 Å². The number of aromatic nitrogens is 3. The van der Waals surface area contributed by atoms with Gasteiger partial charge >= 0.3 is 0 Å². The molecule has 0 spiro atoms. The minimum absolute atomic E-state index is 0.131. The molecule has 0 saturated carbocycles. The van der Waals surface area contributed by atoms with E-state index in [1.807, 2.05) is 11.6 Å². The van der Waals surface area contributed by atoms with Gasteiger partial charge in [-0.3, -0.25) is 4.79 Å². The second-order valence-corrected chi connectivity index (χ2v) is 7.02. The average Bonchev–Trinajstić information content (AvgIpc) is 2.95. The number of amides is 1. The van der Waals surface area contributed by atoms with E-state index in [9.17, 15) is 9.18 Å². The number of halogens is 1. The van der Waals surface area contributed by atoms with Crippen molar-refractivity contribution in [3.63, 3.8) is 0 Å². The van der Waals surface area contributed by atoms with Crippen LogP contribution in [0.2, 0.25) is 0 Å². The van der Waals surface area contributed by atoms with Crippen molar-refractivity contribution >= 4 is 5.91 Å². The van der Waals surface area contributed by atoms with Gasteiger partial charge in [0.2, 0.25) is 0 Å². The maximum atomic E-state index is 14.1. The normalized spacial score (nSPS) is 18.5. The second kappa shape index (κ2) is 7.15. The zero-order valence-electron chi connectivity index (χ0n) is 14.9. The van der Waals surface area contributed by atoms with Crippen molar-refractivity contribution in [2.24, 2.45) is 0 Å². The van der Waals surface area contributed by atoms with Gasteiger partial charge in [-0.05, 0) is 37.5 Å². The van der Waals surface area contributed by atoms with Crippen molar-refractivity contribution in [3.8, 4) is 0 Å². The Balaban J connectivity index is 1.46. The van der Waals surface area contributed by atoms with Crippen LogP contribution >= 0.6 is 0 Å². The smallest absolute Gasteiger partial charge is 0.256 e. The van der Waals surface area contributed by atoms with Gasteiger partial charge in [-0.15, -0.1) is 0 Å². The zero-order chi connectivity index (χ0) is 18.1. The second-order valence-electron chi connectivity index (χ2n) is 7.02. The Morgan fingerprint density at radius 3 is 2.81 bits per heavy atom.